The van der Waals surface area contributed by atoms with Crippen molar-refractivity contribution in [3.8, 4) is 0 Å². The molecule has 1 saturated heterocycles. The summed E-state index contributed by atoms with van der Waals surface area (Å²) in [7, 11) is 0. The Bertz CT molecular complexity index is 974. The average molecular weight is 367 g/mol. The quantitative estimate of drug-likeness (QED) is 0.595. The summed E-state index contributed by atoms with van der Waals surface area (Å²) < 4.78 is 5.61. The van der Waals surface area contributed by atoms with Gasteiger partial charge in [-0.25, -0.2) is 5.10 Å². The van der Waals surface area contributed by atoms with Crippen molar-refractivity contribution in [1.82, 2.24) is 15.5 Å². The molecule has 7 heteroatoms. The summed E-state index contributed by atoms with van der Waals surface area (Å²) in [4.78, 5) is 25.9. The van der Waals surface area contributed by atoms with Crippen LogP contribution in [0.4, 0.5) is 0 Å². The molecular weight excluding hydrogens is 344 g/mol. The van der Waals surface area contributed by atoms with E-state index >= 15 is 0 Å². The molecule has 1 fully saturated rings. The second-order valence-corrected chi connectivity index (χ2v) is 6.96. The molecule has 1 aliphatic rings. The second-order valence-electron chi connectivity index (χ2n) is 6.96. The van der Waals surface area contributed by atoms with Gasteiger partial charge in [-0.15, -0.1) is 0 Å². The van der Waals surface area contributed by atoms with Crippen LogP contribution in [-0.2, 0) is 11.2 Å². The van der Waals surface area contributed by atoms with E-state index in [2.05, 4.69) is 15.5 Å². The van der Waals surface area contributed by atoms with Gasteiger partial charge < -0.3 is 14.6 Å². The molecule has 3 heterocycles. The molecule has 1 amide bonds. The summed E-state index contributed by atoms with van der Waals surface area (Å²) >= 11 is 0. The fourth-order valence-corrected chi connectivity index (χ4v) is 3.85. The Hall–Kier alpha value is -2.93. The van der Waals surface area contributed by atoms with Gasteiger partial charge in [0.05, 0.1) is 43.4 Å². The minimum Gasteiger partial charge on any atom is -0.463 e. The van der Waals surface area contributed by atoms with E-state index < -0.39 is 0 Å². The molecule has 3 aromatic rings. The minimum atomic E-state index is -0.245. The van der Waals surface area contributed by atoms with E-state index in [1.54, 1.807) is 18.4 Å². The van der Waals surface area contributed by atoms with Crippen LogP contribution in [0.1, 0.15) is 30.3 Å². The Morgan fingerprint density at radius 2 is 1.96 bits per heavy atom. The van der Waals surface area contributed by atoms with Gasteiger partial charge in [0.2, 0.25) is 5.91 Å². The summed E-state index contributed by atoms with van der Waals surface area (Å²) in [6, 6.07) is 11.2. The topological polar surface area (TPSA) is 92.4 Å². The molecule has 3 N–H and O–H groups in total. The highest BCUT2D eigenvalue weighted by atomic mass is 16.3. The van der Waals surface area contributed by atoms with Crippen molar-refractivity contribution in [1.29, 1.82) is 0 Å². The maximum atomic E-state index is 12.5. The van der Waals surface area contributed by atoms with Gasteiger partial charge in [0, 0.05) is 18.2 Å². The molecule has 0 spiro atoms. The lowest BCUT2D eigenvalue weighted by Crippen LogP contribution is -3.11. The molecule has 7 nitrogen and oxygen atoms in total. The first-order chi connectivity index (χ1) is 13.2. The first kappa shape index (κ1) is 17.5. The van der Waals surface area contributed by atoms with Crippen LogP contribution in [-0.4, -0.2) is 35.7 Å². The number of H-pyrrole nitrogens is 1. The molecule has 1 atom stereocenters. The molecule has 0 aliphatic carbocycles. The van der Waals surface area contributed by atoms with Crippen molar-refractivity contribution in [3.63, 3.8) is 0 Å². The average Bonchev–Trinajstić information content (AvgIpc) is 3.39. The van der Waals surface area contributed by atoms with Crippen molar-refractivity contribution in [3.05, 3.63) is 64.5 Å². The number of aromatic amines is 1. The predicted molar refractivity (Wildman–Crippen MR) is 100 cm³/mol. The fraction of sp³-hybridized carbons (Fsp3) is 0.350. The SMILES string of the molecule is O=C(Cc1n[nH]c(=O)c2ccccc12)NC[C@H](c1ccco1)[NH+]1CCCC1. The number of aromatic nitrogens is 2. The zero-order valence-corrected chi connectivity index (χ0v) is 15.0. The molecule has 0 radical (unpaired) electrons. The lowest BCUT2D eigenvalue weighted by atomic mass is 10.1. The van der Waals surface area contributed by atoms with E-state index in [1.165, 1.54) is 17.7 Å². The summed E-state index contributed by atoms with van der Waals surface area (Å²) in [6.07, 6.45) is 4.20. The highest BCUT2D eigenvalue weighted by Crippen LogP contribution is 2.14. The van der Waals surface area contributed by atoms with Gasteiger partial charge >= 0.3 is 0 Å². The number of nitrogens with one attached hydrogen (secondary N) is 3. The number of rotatable bonds is 6. The first-order valence-corrected chi connectivity index (χ1v) is 9.33. The molecule has 0 saturated carbocycles. The Morgan fingerprint density at radius 3 is 2.70 bits per heavy atom. The number of amides is 1. The highest BCUT2D eigenvalue weighted by Gasteiger charge is 2.29. The van der Waals surface area contributed by atoms with E-state index in [1.807, 2.05) is 24.3 Å². The number of nitrogens with zero attached hydrogens (tertiary/aromatic N) is 1. The Labute approximate surface area is 156 Å². The number of benzene rings is 1. The zero-order valence-electron chi connectivity index (χ0n) is 15.0. The lowest BCUT2D eigenvalue weighted by molar-refractivity contribution is -0.919. The van der Waals surface area contributed by atoms with Crippen molar-refractivity contribution in [2.24, 2.45) is 0 Å². The van der Waals surface area contributed by atoms with Gasteiger partial charge in [-0.1, -0.05) is 18.2 Å². The normalized spacial score (nSPS) is 15.9. The number of likely N-dealkylation sites (tertiary alicyclic amines) is 1. The van der Waals surface area contributed by atoms with Gasteiger partial charge in [-0.3, -0.25) is 9.59 Å². The monoisotopic (exact) mass is 367 g/mol. The third-order valence-corrected chi connectivity index (χ3v) is 5.23. The van der Waals surface area contributed by atoms with E-state index in [0.29, 0.717) is 23.0 Å². The molecule has 1 aromatic carbocycles. The zero-order chi connectivity index (χ0) is 18.6. The van der Waals surface area contributed by atoms with Gasteiger partial charge in [-0.2, -0.15) is 5.10 Å². The van der Waals surface area contributed by atoms with Gasteiger partial charge in [0.15, 0.2) is 11.8 Å². The van der Waals surface area contributed by atoms with Crippen LogP contribution in [0.15, 0.2) is 51.9 Å². The van der Waals surface area contributed by atoms with Crippen LogP contribution in [0.2, 0.25) is 0 Å². The minimum absolute atomic E-state index is 0.116. The smallest absolute Gasteiger partial charge is 0.272 e. The van der Waals surface area contributed by atoms with Gasteiger partial charge in [-0.05, 0) is 18.2 Å². The number of carbonyl (C=O) groups is 1. The Kier molecular flexibility index (Phi) is 5.02. The standard InChI is InChI=1S/C20H22N4O3/c25-19(12-16-14-6-1-2-7-15(14)20(26)23-22-16)21-13-17(18-8-5-11-27-18)24-9-3-4-10-24/h1-2,5-8,11,17H,3-4,9-10,12-13H2,(H,21,25)(H,23,26)/p+1/t17-/m1/s1. The van der Waals surface area contributed by atoms with Gasteiger partial charge in [0.1, 0.15) is 0 Å². The molecule has 4 rings (SSSR count). The summed E-state index contributed by atoms with van der Waals surface area (Å²) in [5.74, 6) is 0.787. The maximum absolute atomic E-state index is 12.5. The number of carbonyl (C=O) groups excluding carboxylic acids is 1. The molecule has 1 aliphatic heterocycles. The third kappa shape index (κ3) is 3.78. The number of hydrogen-bond donors (Lipinski definition) is 3. The van der Waals surface area contributed by atoms with E-state index in [9.17, 15) is 9.59 Å². The Balaban J connectivity index is 1.46. The summed E-state index contributed by atoms with van der Waals surface area (Å²) in [5.41, 5.74) is 0.330. The number of fused-ring (bicyclic) bond motifs is 1. The summed E-state index contributed by atoms with van der Waals surface area (Å²) in [6.45, 7) is 2.70. The van der Waals surface area contributed by atoms with Crippen LogP contribution in [0.3, 0.4) is 0 Å². The van der Waals surface area contributed by atoms with Crippen molar-refractivity contribution < 1.29 is 14.1 Å². The molecule has 0 unspecified atom stereocenters. The fourth-order valence-electron chi connectivity index (χ4n) is 3.85. The summed E-state index contributed by atoms with van der Waals surface area (Å²) in [5, 5.41) is 10.8. The van der Waals surface area contributed by atoms with E-state index in [-0.39, 0.29) is 23.9 Å². The molecule has 0 bridgehead atoms. The van der Waals surface area contributed by atoms with Crippen LogP contribution in [0.5, 0.6) is 0 Å². The van der Waals surface area contributed by atoms with E-state index in [4.69, 9.17) is 4.42 Å². The molecular formula is C20H23N4O3+. The predicted octanol–water partition coefficient (Wildman–Crippen LogP) is 0.595. The van der Waals surface area contributed by atoms with Crippen LogP contribution in [0.25, 0.3) is 10.8 Å². The number of quaternary nitrogens is 1. The third-order valence-electron chi connectivity index (χ3n) is 5.23. The van der Waals surface area contributed by atoms with Crippen molar-refractivity contribution in [2.75, 3.05) is 19.6 Å². The second kappa shape index (κ2) is 7.75. The first-order valence-electron chi connectivity index (χ1n) is 9.33. The van der Waals surface area contributed by atoms with Crippen molar-refractivity contribution in [2.45, 2.75) is 25.3 Å². The lowest BCUT2D eigenvalue weighted by Gasteiger charge is -2.23. The largest absolute Gasteiger partial charge is 0.463 e. The molecule has 2 aromatic heterocycles. The van der Waals surface area contributed by atoms with Crippen LogP contribution < -0.4 is 15.8 Å². The van der Waals surface area contributed by atoms with Crippen LogP contribution in [0, 0.1) is 0 Å². The van der Waals surface area contributed by atoms with E-state index in [0.717, 1.165) is 18.8 Å². The number of furan rings is 1. The maximum Gasteiger partial charge on any atom is 0.272 e. The van der Waals surface area contributed by atoms with Gasteiger partial charge in [0.25, 0.3) is 5.56 Å². The van der Waals surface area contributed by atoms with Crippen LogP contribution >= 0.6 is 0 Å². The molecule has 27 heavy (non-hydrogen) atoms. The van der Waals surface area contributed by atoms with Crippen molar-refractivity contribution >= 4 is 16.7 Å². The highest BCUT2D eigenvalue weighted by molar-refractivity contribution is 5.88. The number of hydrogen-bond acceptors (Lipinski definition) is 4. The molecule has 140 valence electrons. The Morgan fingerprint density at radius 1 is 1.19 bits per heavy atom.